The first-order valence-corrected chi connectivity index (χ1v) is 8.44. The lowest BCUT2D eigenvalue weighted by Gasteiger charge is -2.17. The number of rotatable bonds is 3. The fraction of sp³-hybridized carbons (Fsp3) is 0.150. The standard InChI is InChI=1S/C20H18N4O2/c1-24-18(12-17(23-24)13-5-3-2-4-6-13)20(26)21-15-8-9-16-14(11-15)7-10-19(25)22-16/h2-6,8-9,11-12H,7,10H2,1H3,(H,21,26)(H,22,25). The Morgan fingerprint density at radius 3 is 2.73 bits per heavy atom. The van der Waals surface area contributed by atoms with E-state index in [1.54, 1.807) is 23.9 Å². The van der Waals surface area contributed by atoms with E-state index in [4.69, 9.17) is 0 Å². The van der Waals surface area contributed by atoms with Crippen molar-refractivity contribution in [3.63, 3.8) is 0 Å². The largest absolute Gasteiger partial charge is 0.326 e. The Morgan fingerprint density at radius 2 is 1.92 bits per heavy atom. The molecule has 2 heterocycles. The quantitative estimate of drug-likeness (QED) is 0.764. The average Bonchev–Trinajstić information content (AvgIpc) is 3.04. The molecule has 0 fully saturated rings. The lowest BCUT2D eigenvalue weighted by atomic mass is 10.0. The Balaban J connectivity index is 1.56. The van der Waals surface area contributed by atoms with E-state index in [1.165, 1.54) is 0 Å². The molecule has 1 aromatic heterocycles. The SMILES string of the molecule is Cn1nc(-c2ccccc2)cc1C(=O)Nc1ccc2c(c1)CCC(=O)N2. The van der Waals surface area contributed by atoms with E-state index in [-0.39, 0.29) is 11.8 Å². The lowest BCUT2D eigenvalue weighted by molar-refractivity contribution is -0.116. The predicted octanol–water partition coefficient (Wildman–Crippen LogP) is 3.22. The number of nitrogens with one attached hydrogen (secondary N) is 2. The maximum absolute atomic E-state index is 12.7. The molecule has 0 atom stereocenters. The molecule has 6 heteroatoms. The summed E-state index contributed by atoms with van der Waals surface area (Å²) in [5.74, 6) is -0.195. The number of carbonyl (C=O) groups excluding carboxylic acids is 2. The number of fused-ring (bicyclic) bond motifs is 1. The van der Waals surface area contributed by atoms with E-state index >= 15 is 0 Å². The molecule has 0 aliphatic carbocycles. The molecule has 3 aromatic rings. The van der Waals surface area contributed by atoms with E-state index in [2.05, 4.69) is 15.7 Å². The molecule has 4 rings (SSSR count). The molecule has 1 aliphatic rings. The van der Waals surface area contributed by atoms with E-state index in [9.17, 15) is 9.59 Å². The second-order valence-corrected chi connectivity index (χ2v) is 6.28. The van der Waals surface area contributed by atoms with Crippen LogP contribution in [0.1, 0.15) is 22.5 Å². The third kappa shape index (κ3) is 3.09. The highest BCUT2D eigenvalue weighted by molar-refractivity contribution is 6.04. The van der Waals surface area contributed by atoms with Gasteiger partial charge in [0.2, 0.25) is 5.91 Å². The van der Waals surface area contributed by atoms with E-state index in [0.717, 1.165) is 22.5 Å². The minimum absolute atomic E-state index is 0.0256. The summed E-state index contributed by atoms with van der Waals surface area (Å²) in [6.45, 7) is 0. The fourth-order valence-electron chi connectivity index (χ4n) is 3.09. The van der Waals surface area contributed by atoms with Gasteiger partial charge in [-0.25, -0.2) is 0 Å². The highest BCUT2D eigenvalue weighted by Gasteiger charge is 2.17. The van der Waals surface area contributed by atoms with Crippen molar-refractivity contribution in [1.29, 1.82) is 0 Å². The molecular formula is C20H18N4O2. The van der Waals surface area contributed by atoms with Gasteiger partial charge in [0, 0.05) is 30.4 Å². The topological polar surface area (TPSA) is 76.0 Å². The molecule has 0 spiro atoms. The van der Waals surface area contributed by atoms with Crippen LogP contribution in [0.25, 0.3) is 11.3 Å². The fourth-order valence-corrected chi connectivity index (χ4v) is 3.09. The minimum Gasteiger partial charge on any atom is -0.326 e. The Bertz CT molecular complexity index is 992. The Kier molecular flexibility index (Phi) is 4.01. The Hall–Kier alpha value is -3.41. The van der Waals surface area contributed by atoms with Gasteiger partial charge in [0.1, 0.15) is 5.69 Å². The summed E-state index contributed by atoms with van der Waals surface area (Å²) in [4.78, 5) is 24.1. The summed E-state index contributed by atoms with van der Waals surface area (Å²) < 4.78 is 1.58. The van der Waals surface area contributed by atoms with Crippen molar-refractivity contribution in [2.24, 2.45) is 7.05 Å². The van der Waals surface area contributed by atoms with Gasteiger partial charge in [-0.2, -0.15) is 5.10 Å². The Morgan fingerprint density at radius 1 is 1.12 bits per heavy atom. The molecule has 0 saturated heterocycles. The van der Waals surface area contributed by atoms with E-state index < -0.39 is 0 Å². The maximum atomic E-state index is 12.7. The third-order valence-electron chi connectivity index (χ3n) is 4.44. The van der Waals surface area contributed by atoms with Crippen LogP contribution < -0.4 is 10.6 Å². The van der Waals surface area contributed by atoms with E-state index in [0.29, 0.717) is 24.2 Å². The third-order valence-corrected chi connectivity index (χ3v) is 4.44. The number of aryl methyl sites for hydroxylation is 2. The molecule has 0 saturated carbocycles. The molecule has 130 valence electrons. The first-order valence-electron chi connectivity index (χ1n) is 8.44. The van der Waals surface area contributed by atoms with Gasteiger partial charge in [-0.1, -0.05) is 30.3 Å². The molecule has 0 bridgehead atoms. The summed E-state index contributed by atoms with van der Waals surface area (Å²) in [5.41, 5.74) is 4.74. The van der Waals surface area contributed by atoms with Gasteiger partial charge >= 0.3 is 0 Å². The summed E-state index contributed by atoms with van der Waals surface area (Å²) in [6, 6.07) is 17.0. The van der Waals surface area contributed by atoms with Crippen molar-refractivity contribution < 1.29 is 9.59 Å². The van der Waals surface area contributed by atoms with Crippen molar-refractivity contribution in [3.05, 3.63) is 65.9 Å². The maximum Gasteiger partial charge on any atom is 0.273 e. The van der Waals surface area contributed by atoms with Crippen LogP contribution in [0, 0.1) is 0 Å². The van der Waals surface area contributed by atoms with Crippen molar-refractivity contribution in [1.82, 2.24) is 9.78 Å². The number of nitrogens with zero attached hydrogens (tertiary/aromatic N) is 2. The van der Waals surface area contributed by atoms with Crippen molar-refractivity contribution in [2.75, 3.05) is 10.6 Å². The summed E-state index contributed by atoms with van der Waals surface area (Å²) in [7, 11) is 1.75. The van der Waals surface area contributed by atoms with Crippen LogP contribution in [-0.2, 0) is 18.3 Å². The second kappa shape index (κ2) is 6.48. The number of amides is 2. The number of hydrogen-bond acceptors (Lipinski definition) is 3. The second-order valence-electron chi connectivity index (χ2n) is 6.28. The molecule has 1 aliphatic heterocycles. The molecule has 2 N–H and O–H groups in total. The molecule has 2 aromatic carbocycles. The van der Waals surface area contributed by atoms with Crippen LogP contribution in [0.5, 0.6) is 0 Å². The van der Waals surface area contributed by atoms with Gasteiger partial charge in [-0.05, 0) is 36.2 Å². The molecular weight excluding hydrogens is 328 g/mol. The zero-order valence-electron chi connectivity index (χ0n) is 14.3. The number of anilines is 2. The predicted molar refractivity (Wildman–Crippen MR) is 100.0 cm³/mol. The molecule has 2 amide bonds. The van der Waals surface area contributed by atoms with Crippen LogP contribution in [0.3, 0.4) is 0 Å². The molecule has 0 radical (unpaired) electrons. The van der Waals surface area contributed by atoms with Gasteiger partial charge in [-0.15, -0.1) is 0 Å². The first kappa shape index (κ1) is 16.1. The van der Waals surface area contributed by atoms with Crippen LogP contribution in [-0.4, -0.2) is 21.6 Å². The van der Waals surface area contributed by atoms with Crippen LogP contribution in [0.4, 0.5) is 11.4 Å². The summed E-state index contributed by atoms with van der Waals surface area (Å²) in [6.07, 6.45) is 1.14. The van der Waals surface area contributed by atoms with Crippen LogP contribution in [0.2, 0.25) is 0 Å². The van der Waals surface area contributed by atoms with Crippen molar-refractivity contribution in [2.45, 2.75) is 12.8 Å². The number of aromatic nitrogens is 2. The summed E-state index contributed by atoms with van der Waals surface area (Å²) in [5, 5.41) is 10.2. The number of hydrogen-bond donors (Lipinski definition) is 2. The van der Waals surface area contributed by atoms with Gasteiger partial charge in [-0.3, -0.25) is 14.3 Å². The van der Waals surface area contributed by atoms with Crippen LogP contribution >= 0.6 is 0 Å². The number of carbonyl (C=O) groups is 2. The minimum atomic E-state index is -0.220. The van der Waals surface area contributed by atoms with Gasteiger partial charge in [0.15, 0.2) is 0 Å². The monoisotopic (exact) mass is 346 g/mol. The van der Waals surface area contributed by atoms with Gasteiger partial charge in [0.05, 0.1) is 5.69 Å². The molecule has 26 heavy (non-hydrogen) atoms. The highest BCUT2D eigenvalue weighted by atomic mass is 16.2. The van der Waals surface area contributed by atoms with Crippen molar-refractivity contribution >= 4 is 23.2 Å². The summed E-state index contributed by atoms with van der Waals surface area (Å²) >= 11 is 0. The van der Waals surface area contributed by atoms with Gasteiger partial charge < -0.3 is 10.6 Å². The Labute approximate surface area is 150 Å². The van der Waals surface area contributed by atoms with E-state index in [1.807, 2.05) is 42.5 Å². The molecule has 6 nitrogen and oxygen atoms in total. The zero-order chi connectivity index (χ0) is 18.1. The van der Waals surface area contributed by atoms with Crippen LogP contribution in [0.15, 0.2) is 54.6 Å². The lowest BCUT2D eigenvalue weighted by Crippen LogP contribution is -2.20. The average molecular weight is 346 g/mol. The van der Waals surface area contributed by atoms with Gasteiger partial charge in [0.25, 0.3) is 5.91 Å². The first-order chi connectivity index (χ1) is 12.6. The highest BCUT2D eigenvalue weighted by Crippen LogP contribution is 2.26. The zero-order valence-corrected chi connectivity index (χ0v) is 14.3. The molecule has 0 unspecified atom stereocenters. The smallest absolute Gasteiger partial charge is 0.273 e. The number of benzene rings is 2. The van der Waals surface area contributed by atoms with Crippen molar-refractivity contribution in [3.8, 4) is 11.3 Å². The normalized spacial score (nSPS) is 13.0.